The molecule has 0 fully saturated rings. The van der Waals surface area contributed by atoms with E-state index in [1.807, 2.05) is 6.07 Å². The van der Waals surface area contributed by atoms with Gasteiger partial charge in [0.1, 0.15) is 4.90 Å². The highest BCUT2D eigenvalue weighted by Crippen LogP contribution is 2.33. The van der Waals surface area contributed by atoms with Crippen LogP contribution in [0.2, 0.25) is 10.0 Å². The standard InChI is InChI=1S/C16H16Cl2N4O3S/c1-22(9-10-5-3-2-4-6-10)26(24,25)13-8-11(7-12(17)14(13)18)15(23)21-16(19)20/h2-8H,9H2,1H3,(H4,19,20,21,23). The van der Waals surface area contributed by atoms with E-state index in [1.165, 1.54) is 13.1 Å². The summed E-state index contributed by atoms with van der Waals surface area (Å²) < 4.78 is 26.9. The number of carbonyl (C=O) groups is 1. The number of nitrogens with zero attached hydrogens (tertiary/aromatic N) is 2. The number of sulfonamides is 1. The summed E-state index contributed by atoms with van der Waals surface area (Å²) in [6.07, 6.45) is 0. The van der Waals surface area contributed by atoms with E-state index in [-0.39, 0.29) is 27.0 Å². The lowest BCUT2D eigenvalue weighted by molar-refractivity contribution is 0.100. The number of hydrogen-bond donors (Lipinski definition) is 2. The predicted molar refractivity (Wildman–Crippen MR) is 102 cm³/mol. The minimum atomic E-state index is -4.02. The number of halogens is 2. The van der Waals surface area contributed by atoms with Crippen LogP contribution in [0, 0.1) is 0 Å². The first-order chi connectivity index (χ1) is 12.1. The average molecular weight is 415 g/mol. The van der Waals surface area contributed by atoms with Crippen molar-refractivity contribution in [3.8, 4) is 0 Å². The Kier molecular flexibility index (Phi) is 6.25. The van der Waals surface area contributed by atoms with Crippen LogP contribution in [-0.4, -0.2) is 31.6 Å². The zero-order valence-electron chi connectivity index (χ0n) is 13.7. The minimum absolute atomic E-state index is 0.0977. The monoisotopic (exact) mass is 414 g/mol. The molecule has 2 rings (SSSR count). The molecule has 0 unspecified atom stereocenters. The van der Waals surface area contributed by atoms with Crippen LogP contribution in [0.3, 0.4) is 0 Å². The quantitative estimate of drug-likeness (QED) is 0.573. The number of benzene rings is 2. The van der Waals surface area contributed by atoms with E-state index in [1.54, 1.807) is 24.3 Å². The zero-order chi connectivity index (χ0) is 19.5. The summed E-state index contributed by atoms with van der Waals surface area (Å²) >= 11 is 12.1. The molecule has 0 aliphatic carbocycles. The lowest BCUT2D eigenvalue weighted by Crippen LogP contribution is -2.27. The third-order valence-corrected chi connectivity index (χ3v) is 6.15. The van der Waals surface area contributed by atoms with Gasteiger partial charge in [-0.2, -0.15) is 9.30 Å². The second-order valence-electron chi connectivity index (χ2n) is 5.36. The second kappa shape index (κ2) is 8.05. The first kappa shape index (κ1) is 20.2. The van der Waals surface area contributed by atoms with Crippen LogP contribution in [0.1, 0.15) is 15.9 Å². The van der Waals surface area contributed by atoms with Crippen molar-refractivity contribution in [1.29, 1.82) is 0 Å². The maximum absolute atomic E-state index is 12.9. The van der Waals surface area contributed by atoms with Gasteiger partial charge in [-0.1, -0.05) is 53.5 Å². The van der Waals surface area contributed by atoms with E-state index in [0.717, 1.165) is 15.9 Å². The number of aliphatic imine (C=N–C) groups is 1. The Balaban J connectivity index is 2.46. The van der Waals surface area contributed by atoms with Crippen molar-refractivity contribution >= 4 is 45.1 Å². The van der Waals surface area contributed by atoms with Gasteiger partial charge in [-0.15, -0.1) is 0 Å². The molecule has 0 saturated heterocycles. The van der Waals surface area contributed by atoms with Crippen LogP contribution in [0.15, 0.2) is 52.4 Å². The number of carbonyl (C=O) groups excluding carboxylic acids is 1. The van der Waals surface area contributed by atoms with Gasteiger partial charge in [0.25, 0.3) is 5.91 Å². The van der Waals surface area contributed by atoms with Gasteiger partial charge >= 0.3 is 0 Å². The molecule has 0 aliphatic rings. The van der Waals surface area contributed by atoms with Crippen LogP contribution in [0.25, 0.3) is 0 Å². The van der Waals surface area contributed by atoms with Crippen molar-refractivity contribution in [2.75, 3.05) is 7.05 Å². The van der Waals surface area contributed by atoms with E-state index < -0.39 is 21.9 Å². The zero-order valence-corrected chi connectivity index (χ0v) is 16.0. The van der Waals surface area contributed by atoms with Crippen LogP contribution in [-0.2, 0) is 16.6 Å². The lowest BCUT2D eigenvalue weighted by Gasteiger charge is -2.19. The third-order valence-electron chi connectivity index (χ3n) is 3.41. The third kappa shape index (κ3) is 4.53. The van der Waals surface area contributed by atoms with E-state index in [9.17, 15) is 13.2 Å². The number of hydrogen-bond acceptors (Lipinski definition) is 3. The fourth-order valence-electron chi connectivity index (χ4n) is 2.15. The largest absolute Gasteiger partial charge is 0.370 e. The molecular formula is C16H16Cl2N4O3S. The van der Waals surface area contributed by atoms with Crippen molar-refractivity contribution in [3.63, 3.8) is 0 Å². The van der Waals surface area contributed by atoms with Crippen LogP contribution >= 0.6 is 23.2 Å². The first-order valence-electron chi connectivity index (χ1n) is 7.26. The molecule has 1 amide bonds. The fourth-order valence-corrected chi connectivity index (χ4v) is 4.09. The Morgan fingerprint density at radius 2 is 1.77 bits per heavy atom. The number of guanidine groups is 1. The highest BCUT2D eigenvalue weighted by atomic mass is 35.5. The van der Waals surface area contributed by atoms with Gasteiger partial charge in [0.05, 0.1) is 10.0 Å². The normalized spacial score (nSPS) is 11.4. The summed E-state index contributed by atoms with van der Waals surface area (Å²) in [7, 11) is -2.62. The SMILES string of the molecule is CN(Cc1ccccc1)S(=O)(=O)c1cc(C(=O)N=C(N)N)cc(Cl)c1Cl. The number of nitrogens with two attached hydrogens (primary N) is 2. The van der Waals surface area contributed by atoms with Crippen molar-refractivity contribution in [3.05, 3.63) is 63.6 Å². The molecule has 4 N–H and O–H groups in total. The van der Waals surface area contributed by atoms with Crippen molar-refractivity contribution in [2.24, 2.45) is 16.5 Å². The Morgan fingerprint density at radius 3 is 2.35 bits per heavy atom. The van der Waals surface area contributed by atoms with Crippen molar-refractivity contribution < 1.29 is 13.2 Å². The molecule has 2 aromatic rings. The molecule has 2 aromatic carbocycles. The summed E-state index contributed by atoms with van der Waals surface area (Å²) in [4.78, 5) is 15.1. The molecule has 0 spiro atoms. The molecular weight excluding hydrogens is 399 g/mol. The molecule has 0 saturated carbocycles. The lowest BCUT2D eigenvalue weighted by atomic mass is 10.2. The fraction of sp³-hybridized carbons (Fsp3) is 0.125. The molecule has 0 aromatic heterocycles. The molecule has 26 heavy (non-hydrogen) atoms. The van der Waals surface area contributed by atoms with E-state index in [0.29, 0.717) is 0 Å². The second-order valence-corrected chi connectivity index (χ2v) is 8.16. The summed E-state index contributed by atoms with van der Waals surface area (Å²) in [5.41, 5.74) is 11.0. The number of rotatable bonds is 5. The van der Waals surface area contributed by atoms with Gasteiger partial charge < -0.3 is 11.5 Å². The maximum atomic E-state index is 12.9. The van der Waals surface area contributed by atoms with Crippen LogP contribution in [0.5, 0.6) is 0 Å². The van der Waals surface area contributed by atoms with Crippen LogP contribution < -0.4 is 11.5 Å². The number of amides is 1. The van der Waals surface area contributed by atoms with Gasteiger partial charge in [-0.05, 0) is 17.7 Å². The van der Waals surface area contributed by atoms with Gasteiger partial charge in [0.2, 0.25) is 10.0 Å². The van der Waals surface area contributed by atoms with Gasteiger partial charge in [0, 0.05) is 19.2 Å². The molecule has 138 valence electrons. The molecule has 0 bridgehead atoms. The molecule has 7 nitrogen and oxygen atoms in total. The summed E-state index contributed by atoms with van der Waals surface area (Å²) in [5, 5.41) is -0.289. The Labute approximate surface area is 161 Å². The predicted octanol–water partition coefficient (Wildman–Crippen LogP) is 2.23. The average Bonchev–Trinajstić information content (AvgIpc) is 2.57. The molecule has 10 heteroatoms. The van der Waals surface area contributed by atoms with E-state index in [2.05, 4.69) is 4.99 Å². The molecule has 0 radical (unpaired) electrons. The Bertz CT molecular complexity index is 959. The summed E-state index contributed by atoms with van der Waals surface area (Å²) in [5.74, 6) is -1.28. The van der Waals surface area contributed by atoms with Gasteiger partial charge in [0.15, 0.2) is 5.96 Å². The smallest absolute Gasteiger partial charge is 0.280 e. The topological polar surface area (TPSA) is 119 Å². The Hall–Kier alpha value is -2.13. The minimum Gasteiger partial charge on any atom is -0.370 e. The van der Waals surface area contributed by atoms with Crippen LogP contribution in [0.4, 0.5) is 0 Å². The summed E-state index contributed by atoms with van der Waals surface area (Å²) in [6, 6.07) is 11.3. The highest BCUT2D eigenvalue weighted by Gasteiger charge is 2.27. The molecule has 0 aliphatic heterocycles. The Morgan fingerprint density at radius 1 is 1.15 bits per heavy atom. The summed E-state index contributed by atoms with van der Waals surface area (Å²) in [6.45, 7) is 0.114. The maximum Gasteiger partial charge on any atom is 0.280 e. The first-order valence-corrected chi connectivity index (χ1v) is 9.46. The van der Waals surface area contributed by atoms with E-state index in [4.69, 9.17) is 34.7 Å². The highest BCUT2D eigenvalue weighted by molar-refractivity contribution is 7.89. The van der Waals surface area contributed by atoms with Crippen molar-refractivity contribution in [2.45, 2.75) is 11.4 Å². The van der Waals surface area contributed by atoms with Gasteiger partial charge in [-0.3, -0.25) is 4.79 Å². The van der Waals surface area contributed by atoms with Crippen molar-refractivity contribution in [1.82, 2.24) is 4.31 Å². The molecule has 0 atom stereocenters. The van der Waals surface area contributed by atoms with Gasteiger partial charge in [-0.25, -0.2) is 8.42 Å². The molecule has 0 heterocycles. The van der Waals surface area contributed by atoms with E-state index >= 15 is 0 Å².